The molecule has 0 saturated heterocycles. The predicted octanol–water partition coefficient (Wildman–Crippen LogP) is 4.47. The van der Waals surface area contributed by atoms with Crippen molar-refractivity contribution in [2.75, 3.05) is 27.9 Å². The van der Waals surface area contributed by atoms with Gasteiger partial charge in [-0.15, -0.1) is 10.2 Å². The quantitative estimate of drug-likeness (QED) is 0.345. The van der Waals surface area contributed by atoms with Gasteiger partial charge in [0.05, 0.1) is 56.3 Å². The second-order valence-corrected chi connectivity index (χ2v) is 11.4. The molecule has 1 aliphatic carbocycles. The summed E-state index contributed by atoms with van der Waals surface area (Å²) >= 11 is 0. The number of nitrogens with zero attached hydrogens (tertiary/aromatic N) is 3. The van der Waals surface area contributed by atoms with E-state index in [2.05, 4.69) is 10.2 Å². The van der Waals surface area contributed by atoms with Gasteiger partial charge < -0.3 is 18.9 Å². The van der Waals surface area contributed by atoms with Crippen molar-refractivity contribution in [3.05, 3.63) is 64.7 Å². The minimum Gasteiger partial charge on any atom is -0.493 e. The van der Waals surface area contributed by atoms with Gasteiger partial charge in [-0.25, -0.2) is 0 Å². The van der Waals surface area contributed by atoms with E-state index in [1.807, 2.05) is 26.0 Å². The third kappa shape index (κ3) is 5.35. The Labute approximate surface area is 234 Å². The summed E-state index contributed by atoms with van der Waals surface area (Å²) in [6.07, 6.45) is 1.16. The van der Waals surface area contributed by atoms with Gasteiger partial charge in [0, 0.05) is 17.5 Å². The molecule has 212 valence electrons. The number of ether oxygens (including phenoxy) is 4. The third-order valence-electron chi connectivity index (χ3n) is 7.32. The molecule has 11 heteroatoms. The van der Waals surface area contributed by atoms with Gasteiger partial charge in [-0.1, -0.05) is 17.7 Å². The molecular weight excluding hydrogens is 534 g/mol. The lowest BCUT2D eigenvalue weighted by Gasteiger charge is -2.38. The highest BCUT2D eigenvalue weighted by Gasteiger charge is 2.40. The molecule has 40 heavy (non-hydrogen) atoms. The zero-order chi connectivity index (χ0) is 28.4. The van der Waals surface area contributed by atoms with Crippen LogP contribution in [0.15, 0.2) is 52.4 Å². The molecule has 10 nitrogen and oxygen atoms in total. The van der Waals surface area contributed by atoms with Crippen LogP contribution in [-0.4, -0.2) is 64.4 Å². The summed E-state index contributed by atoms with van der Waals surface area (Å²) in [5.41, 5.74) is 4.08. The molecule has 0 radical (unpaired) electrons. The van der Waals surface area contributed by atoms with Crippen LogP contribution in [0, 0.1) is 6.92 Å². The summed E-state index contributed by atoms with van der Waals surface area (Å²) in [7, 11) is 0.727. The standard InChI is InChI=1S/C29H33N3O7S/c1-6-38-26-14-20-21-13-18(39-40(33,34)19-10-7-17(2)8-11-19)9-12-24(21)30-28(22(20)15-25(26)35-3)23-16-27(36-4)31-32-29(23)37-5/h7-8,10-11,14-16,18,21,24H,6,9,12-13H2,1-5H3/t18-,21-,24-/m1/s1. The SMILES string of the molecule is CCOc1cc2c(cc1OC)C(c1cc(OC)nnc1OC)=N[C@@H]1CC[C@@H](OS(=O)(=O)c3ccc(C)cc3)C[C@H]21. The number of benzene rings is 2. The Morgan fingerprint density at radius 2 is 1.68 bits per heavy atom. The Morgan fingerprint density at radius 3 is 2.35 bits per heavy atom. The lowest BCUT2D eigenvalue weighted by molar-refractivity contribution is 0.140. The summed E-state index contributed by atoms with van der Waals surface area (Å²) in [6.45, 7) is 4.28. The maximum atomic E-state index is 13.1. The first-order valence-corrected chi connectivity index (χ1v) is 14.6. The summed E-state index contributed by atoms with van der Waals surface area (Å²) in [6, 6.07) is 12.2. The second kappa shape index (κ2) is 11.4. The Hall–Kier alpha value is -3.70. The summed E-state index contributed by atoms with van der Waals surface area (Å²) in [5, 5.41) is 8.21. The van der Waals surface area contributed by atoms with Gasteiger partial charge in [-0.3, -0.25) is 9.18 Å². The average molecular weight is 568 g/mol. The first kappa shape index (κ1) is 27.9. The molecule has 3 atom stereocenters. The molecule has 2 aromatic carbocycles. The first-order chi connectivity index (χ1) is 19.3. The Balaban J connectivity index is 1.56. The molecule has 0 bridgehead atoms. The van der Waals surface area contributed by atoms with Crippen molar-refractivity contribution in [2.24, 2.45) is 4.99 Å². The number of hydrogen-bond acceptors (Lipinski definition) is 10. The van der Waals surface area contributed by atoms with Crippen LogP contribution in [0.2, 0.25) is 0 Å². The number of methoxy groups -OCH3 is 3. The van der Waals surface area contributed by atoms with Crippen molar-refractivity contribution in [1.82, 2.24) is 10.2 Å². The van der Waals surface area contributed by atoms with Crippen LogP contribution in [0.4, 0.5) is 0 Å². The molecule has 1 aromatic heterocycles. The molecular formula is C29H33N3O7S. The Morgan fingerprint density at radius 1 is 0.900 bits per heavy atom. The number of hydrogen-bond donors (Lipinski definition) is 0. The Bertz CT molecular complexity index is 1520. The molecule has 5 rings (SSSR count). The first-order valence-electron chi connectivity index (χ1n) is 13.2. The summed E-state index contributed by atoms with van der Waals surface area (Å²) in [4.78, 5) is 5.31. The van der Waals surface area contributed by atoms with Crippen LogP contribution in [0.1, 0.15) is 54.4 Å². The van der Waals surface area contributed by atoms with E-state index in [1.54, 1.807) is 37.4 Å². The fraction of sp³-hybridized carbons (Fsp3) is 0.414. The zero-order valence-electron chi connectivity index (χ0n) is 23.2. The predicted molar refractivity (Wildman–Crippen MR) is 149 cm³/mol. The van der Waals surface area contributed by atoms with E-state index in [9.17, 15) is 8.42 Å². The van der Waals surface area contributed by atoms with Crippen molar-refractivity contribution < 1.29 is 31.5 Å². The minimum absolute atomic E-state index is 0.0986. The van der Waals surface area contributed by atoms with Crippen molar-refractivity contribution in [2.45, 2.75) is 56.1 Å². The fourth-order valence-electron chi connectivity index (χ4n) is 5.38. The number of aromatic nitrogens is 2. The van der Waals surface area contributed by atoms with Crippen molar-refractivity contribution in [3.63, 3.8) is 0 Å². The number of fused-ring (bicyclic) bond motifs is 3. The molecule has 1 saturated carbocycles. The topological polar surface area (TPSA) is 118 Å². The van der Waals surface area contributed by atoms with Crippen molar-refractivity contribution in [1.29, 1.82) is 0 Å². The molecule has 0 spiro atoms. The minimum atomic E-state index is -3.92. The van der Waals surface area contributed by atoms with Crippen LogP contribution in [0.25, 0.3) is 0 Å². The highest BCUT2D eigenvalue weighted by atomic mass is 32.2. The molecule has 1 aliphatic heterocycles. The van der Waals surface area contributed by atoms with E-state index >= 15 is 0 Å². The lowest BCUT2D eigenvalue weighted by Crippen LogP contribution is -2.36. The Kier molecular flexibility index (Phi) is 7.95. The fourth-order valence-corrected chi connectivity index (χ4v) is 6.49. The number of rotatable bonds is 9. The summed E-state index contributed by atoms with van der Waals surface area (Å²) < 4.78 is 54.4. The van der Waals surface area contributed by atoms with Crippen LogP contribution < -0.4 is 18.9 Å². The molecule has 0 amide bonds. The highest BCUT2D eigenvalue weighted by Crippen LogP contribution is 2.46. The van der Waals surface area contributed by atoms with Crippen LogP contribution >= 0.6 is 0 Å². The van der Waals surface area contributed by atoms with Gasteiger partial charge in [-0.2, -0.15) is 8.42 Å². The molecule has 3 aromatic rings. The normalized spacial score (nSPS) is 20.1. The number of aliphatic imine (C=N–C) groups is 1. The maximum absolute atomic E-state index is 13.1. The van der Waals surface area contributed by atoms with E-state index in [0.717, 1.165) is 16.7 Å². The number of aryl methyl sites for hydroxylation is 1. The van der Waals surface area contributed by atoms with Crippen molar-refractivity contribution >= 4 is 15.8 Å². The molecule has 0 N–H and O–H groups in total. The second-order valence-electron chi connectivity index (χ2n) is 9.78. The summed E-state index contributed by atoms with van der Waals surface area (Å²) in [5.74, 6) is 1.72. The van der Waals surface area contributed by atoms with Gasteiger partial charge in [0.15, 0.2) is 11.5 Å². The van der Waals surface area contributed by atoms with Crippen molar-refractivity contribution in [3.8, 4) is 23.3 Å². The average Bonchev–Trinajstić information content (AvgIpc) is 2.96. The van der Waals surface area contributed by atoms with E-state index in [0.29, 0.717) is 60.4 Å². The smallest absolute Gasteiger partial charge is 0.297 e. The maximum Gasteiger partial charge on any atom is 0.297 e. The lowest BCUT2D eigenvalue weighted by atomic mass is 9.74. The molecule has 2 heterocycles. The van der Waals surface area contributed by atoms with E-state index in [4.69, 9.17) is 28.1 Å². The van der Waals surface area contributed by atoms with Gasteiger partial charge >= 0.3 is 0 Å². The van der Waals surface area contributed by atoms with Crippen LogP contribution in [0.3, 0.4) is 0 Å². The van der Waals surface area contributed by atoms with Gasteiger partial charge in [-0.05, 0) is 62.9 Å². The molecule has 1 fully saturated rings. The monoisotopic (exact) mass is 567 g/mol. The van der Waals surface area contributed by atoms with Crippen LogP contribution in [0.5, 0.6) is 23.3 Å². The van der Waals surface area contributed by atoms with E-state index < -0.39 is 16.2 Å². The van der Waals surface area contributed by atoms with Gasteiger partial charge in [0.2, 0.25) is 11.8 Å². The van der Waals surface area contributed by atoms with Gasteiger partial charge in [0.1, 0.15) is 0 Å². The van der Waals surface area contributed by atoms with Gasteiger partial charge in [0.25, 0.3) is 10.1 Å². The van der Waals surface area contributed by atoms with E-state index in [1.165, 1.54) is 14.2 Å². The molecule has 0 unspecified atom stereocenters. The highest BCUT2D eigenvalue weighted by molar-refractivity contribution is 7.86. The van der Waals surface area contributed by atoms with E-state index in [-0.39, 0.29) is 16.9 Å². The largest absolute Gasteiger partial charge is 0.493 e. The zero-order valence-corrected chi connectivity index (χ0v) is 24.0. The third-order valence-corrected chi connectivity index (χ3v) is 8.69. The molecule has 2 aliphatic rings. The van der Waals surface area contributed by atoms with Crippen LogP contribution in [-0.2, 0) is 14.3 Å².